The Morgan fingerprint density at radius 2 is 1.95 bits per heavy atom. The predicted octanol–water partition coefficient (Wildman–Crippen LogP) is 3.54. The van der Waals surface area contributed by atoms with Gasteiger partial charge in [-0.15, -0.1) is 0 Å². The van der Waals surface area contributed by atoms with Crippen molar-refractivity contribution in [3.05, 3.63) is 23.9 Å². The Balaban J connectivity index is 2.02. The zero-order chi connectivity index (χ0) is 14.0. The number of pyridine rings is 1. The first-order chi connectivity index (χ1) is 8.89. The van der Waals surface area contributed by atoms with Gasteiger partial charge in [0.25, 0.3) is 0 Å². The van der Waals surface area contributed by atoms with Gasteiger partial charge in [0, 0.05) is 19.3 Å². The lowest BCUT2D eigenvalue weighted by Crippen LogP contribution is -2.37. The Kier molecular flexibility index (Phi) is 4.14. The Labute approximate surface area is 116 Å². The van der Waals surface area contributed by atoms with E-state index < -0.39 is 6.10 Å². The summed E-state index contributed by atoms with van der Waals surface area (Å²) in [5, 5.41) is 9.51. The lowest BCUT2D eigenvalue weighted by atomic mass is 9.75. The van der Waals surface area contributed by atoms with Crippen LogP contribution < -0.4 is 4.90 Å². The van der Waals surface area contributed by atoms with Crippen LogP contribution in [0, 0.1) is 5.41 Å². The summed E-state index contributed by atoms with van der Waals surface area (Å²) in [5.74, 6) is 1.01. The molecule has 1 saturated carbocycles. The number of aliphatic hydroxyl groups excluding tert-OH is 1. The summed E-state index contributed by atoms with van der Waals surface area (Å²) in [6.45, 7) is 6.49. The monoisotopic (exact) mass is 262 g/mol. The molecule has 106 valence electrons. The molecule has 1 heterocycles. The van der Waals surface area contributed by atoms with Crippen LogP contribution in [0.5, 0.6) is 0 Å². The average Bonchev–Trinajstić information content (AvgIpc) is 2.38. The SMILES string of the molecule is C[C@H](O)c1ccc(N(C)C2CCC(C)(C)CC2)nc1. The summed E-state index contributed by atoms with van der Waals surface area (Å²) < 4.78 is 0. The molecule has 0 unspecified atom stereocenters. The van der Waals surface area contributed by atoms with Crippen molar-refractivity contribution in [2.24, 2.45) is 5.41 Å². The highest BCUT2D eigenvalue weighted by Crippen LogP contribution is 2.37. The van der Waals surface area contributed by atoms with E-state index in [1.807, 2.05) is 12.1 Å². The number of anilines is 1. The first-order valence-electron chi connectivity index (χ1n) is 7.26. The lowest BCUT2D eigenvalue weighted by molar-refractivity contribution is 0.199. The minimum absolute atomic E-state index is 0.442. The predicted molar refractivity (Wildman–Crippen MR) is 79.3 cm³/mol. The molecule has 3 heteroatoms. The number of hydrogen-bond donors (Lipinski definition) is 1. The molecule has 1 aliphatic rings. The third-order valence-electron chi connectivity index (χ3n) is 4.47. The van der Waals surface area contributed by atoms with E-state index in [1.165, 1.54) is 25.7 Å². The highest BCUT2D eigenvalue weighted by Gasteiger charge is 2.29. The van der Waals surface area contributed by atoms with E-state index in [0.29, 0.717) is 11.5 Å². The fourth-order valence-electron chi connectivity index (χ4n) is 2.81. The van der Waals surface area contributed by atoms with E-state index in [0.717, 1.165) is 11.4 Å². The van der Waals surface area contributed by atoms with Gasteiger partial charge in [0.05, 0.1) is 6.10 Å². The van der Waals surface area contributed by atoms with E-state index >= 15 is 0 Å². The Morgan fingerprint density at radius 1 is 1.32 bits per heavy atom. The molecular weight excluding hydrogens is 236 g/mol. The molecule has 1 fully saturated rings. The molecule has 19 heavy (non-hydrogen) atoms. The molecule has 1 N–H and O–H groups in total. The molecule has 0 aliphatic heterocycles. The van der Waals surface area contributed by atoms with Crippen LogP contribution in [0.4, 0.5) is 5.82 Å². The first kappa shape index (κ1) is 14.3. The zero-order valence-electron chi connectivity index (χ0n) is 12.6. The van der Waals surface area contributed by atoms with Crippen molar-refractivity contribution in [2.45, 2.75) is 58.6 Å². The fraction of sp³-hybridized carbons (Fsp3) is 0.688. The van der Waals surface area contributed by atoms with Gasteiger partial charge in [-0.05, 0) is 49.7 Å². The van der Waals surface area contributed by atoms with Gasteiger partial charge in [0.15, 0.2) is 0 Å². The third-order valence-corrected chi connectivity index (χ3v) is 4.47. The van der Waals surface area contributed by atoms with Crippen molar-refractivity contribution < 1.29 is 5.11 Å². The molecule has 0 bridgehead atoms. The van der Waals surface area contributed by atoms with Crippen molar-refractivity contribution in [3.63, 3.8) is 0 Å². The molecular formula is C16H26N2O. The van der Waals surface area contributed by atoms with E-state index in [2.05, 4.69) is 30.8 Å². The maximum atomic E-state index is 9.51. The van der Waals surface area contributed by atoms with E-state index in [9.17, 15) is 5.11 Å². The second kappa shape index (κ2) is 5.49. The van der Waals surface area contributed by atoms with Gasteiger partial charge in [-0.1, -0.05) is 19.9 Å². The van der Waals surface area contributed by atoms with Crippen molar-refractivity contribution in [1.29, 1.82) is 0 Å². The molecule has 1 atom stereocenters. The number of rotatable bonds is 3. The highest BCUT2D eigenvalue weighted by atomic mass is 16.3. The summed E-state index contributed by atoms with van der Waals surface area (Å²) >= 11 is 0. The fourth-order valence-corrected chi connectivity index (χ4v) is 2.81. The lowest BCUT2D eigenvalue weighted by Gasteiger charge is -2.39. The third kappa shape index (κ3) is 3.47. The first-order valence-corrected chi connectivity index (χ1v) is 7.26. The normalized spacial score (nSPS) is 21.1. The van der Waals surface area contributed by atoms with Crippen LogP contribution in [-0.4, -0.2) is 23.2 Å². The van der Waals surface area contributed by atoms with Crippen LogP contribution in [0.25, 0.3) is 0 Å². The number of hydrogen-bond acceptors (Lipinski definition) is 3. The highest BCUT2D eigenvalue weighted by molar-refractivity contribution is 5.40. The summed E-state index contributed by atoms with van der Waals surface area (Å²) in [4.78, 5) is 6.77. The topological polar surface area (TPSA) is 36.4 Å². The molecule has 0 spiro atoms. The van der Waals surface area contributed by atoms with Gasteiger partial charge in [-0.2, -0.15) is 0 Å². The van der Waals surface area contributed by atoms with Gasteiger partial charge >= 0.3 is 0 Å². The molecule has 0 radical (unpaired) electrons. The minimum atomic E-state index is -0.442. The largest absolute Gasteiger partial charge is 0.389 e. The van der Waals surface area contributed by atoms with Crippen LogP contribution in [0.15, 0.2) is 18.3 Å². The van der Waals surface area contributed by atoms with E-state index in [-0.39, 0.29) is 0 Å². The van der Waals surface area contributed by atoms with Crippen molar-refractivity contribution >= 4 is 5.82 Å². The van der Waals surface area contributed by atoms with E-state index in [1.54, 1.807) is 13.1 Å². The maximum Gasteiger partial charge on any atom is 0.128 e. The Hall–Kier alpha value is -1.09. The smallest absolute Gasteiger partial charge is 0.128 e. The van der Waals surface area contributed by atoms with Crippen LogP contribution >= 0.6 is 0 Å². The minimum Gasteiger partial charge on any atom is -0.389 e. The maximum absolute atomic E-state index is 9.51. The second-order valence-corrected chi connectivity index (χ2v) is 6.63. The number of aliphatic hydroxyl groups is 1. The summed E-state index contributed by atoms with van der Waals surface area (Å²) in [7, 11) is 2.13. The van der Waals surface area contributed by atoms with Gasteiger partial charge in [-0.25, -0.2) is 4.98 Å². The molecule has 0 saturated heterocycles. The Bertz CT molecular complexity index is 401. The molecule has 3 nitrogen and oxygen atoms in total. The quantitative estimate of drug-likeness (QED) is 0.905. The van der Waals surface area contributed by atoms with E-state index in [4.69, 9.17) is 0 Å². The van der Waals surface area contributed by atoms with Crippen LogP contribution in [-0.2, 0) is 0 Å². The standard InChI is InChI=1S/C16H26N2O/c1-12(19)13-5-6-15(17-11-13)18(4)14-7-9-16(2,3)10-8-14/h5-6,11-12,14,19H,7-10H2,1-4H3/t12-/m0/s1. The van der Waals surface area contributed by atoms with Crippen LogP contribution in [0.2, 0.25) is 0 Å². The van der Waals surface area contributed by atoms with Gasteiger partial charge in [0.2, 0.25) is 0 Å². The Morgan fingerprint density at radius 3 is 2.42 bits per heavy atom. The van der Waals surface area contributed by atoms with Crippen molar-refractivity contribution in [2.75, 3.05) is 11.9 Å². The van der Waals surface area contributed by atoms with Crippen molar-refractivity contribution in [3.8, 4) is 0 Å². The summed E-state index contributed by atoms with van der Waals surface area (Å²) in [6.07, 6.45) is 6.39. The van der Waals surface area contributed by atoms with Crippen LogP contribution in [0.3, 0.4) is 0 Å². The second-order valence-electron chi connectivity index (χ2n) is 6.63. The van der Waals surface area contributed by atoms with Gasteiger partial charge in [0.1, 0.15) is 5.82 Å². The van der Waals surface area contributed by atoms with Gasteiger partial charge in [-0.3, -0.25) is 0 Å². The molecule has 0 aromatic carbocycles. The average molecular weight is 262 g/mol. The molecule has 1 aromatic rings. The molecule has 1 aromatic heterocycles. The van der Waals surface area contributed by atoms with Crippen LogP contribution in [0.1, 0.15) is 58.1 Å². The summed E-state index contributed by atoms with van der Waals surface area (Å²) in [5.41, 5.74) is 1.38. The number of aromatic nitrogens is 1. The summed E-state index contributed by atoms with van der Waals surface area (Å²) in [6, 6.07) is 4.58. The van der Waals surface area contributed by atoms with Crippen molar-refractivity contribution in [1.82, 2.24) is 4.98 Å². The molecule has 1 aliphatic carbocycles. The molecule has 0 amide bonds. The number of nitrogens with zero attached hydrogens (tertiary/aromatic N) is 2. The zero-order valence-corrected chi connectivity index (χ0v) is 12.6. The molecule has 2 rings (SSSR count). The van der Waals surface area contributed by atoms with Gasteiger partial charge < -0.3 is 10.0 Å².